The van der Waals surface area contributed by atoms with E-state index in [0.717, 1.165) is 19.5 Å². The number of hydrogen-bond donors (Lipinski definition) is 2. The molecule has 116 valence electrons. The van der Waals surface area contributed by atoms with Gasteiger partial charge in [0.2, 0.25) is 5.91 Å². The summed E-state index contributed by atoms with van der Waals surface area (Å²) < 4.78 is 5.68. The molecule has 1 aliphatic rings. The molecule has 1 saturated heterocycles. The minimum Gasteiger partial charge on any atom is -0.444 e. The van der Waals surface area contributed by atoms with Crippen LogP contribution in [0.2, 0.25) is 0 Å². The van der Waals surface area contributed by atoms with Gasteiger partial charge in [-0.3, -0.25) is 9.59 Å². The van der Waals surface area contributed by atoms with Crippen molar-refractivity contribution in [1.29, 1.82) is 0 Å². The zero-order valence-corrected chi connectivity index (χ0v) is 13.6. The number of likely N-dealkylation sites (N-methyl/N-ethyl adjacent to an activating group) is 1. The fraction of sp³-hybridized carbons (Fsp3) is 0.571. The first kappa shape index (κ1) is 16.0. The van der Waals surface area contributed by atoms with E-state index in [1.807, 2.05) is 0 Å². The molecular formula is C14H20BrN3O3. The summed E-state index contributed by atoms with van der Waals surface area (Å²) in [5, 5.41) is 6.15. The summed E-state index contributed by atoms with van der Waals surface area (Å²) in [5.74, 6) is 0.401. The van der Waals surface area contributed by atoms with Crippen LogP contribution in [0.4, 0.5) is 0 Å². The highest BCUT2D eigenvalue weighted by Crippen LogP contribution is 2.15. The van der Waals surface area contributed by atoms with E-state index < -0.39 is 0 Å². The van der Waals surface area contributed by atoms with Crippen LogP contribution in [0.15, 0.2) is 21.2 Å². The first-order valence-corrected chi connectivity index (χ1v) is 7.84. The number of nitrogens with one attached hydrogen (secondary N) is 2. The number of halogens is 1. The number of carbonyl (C=O) groups excluding carboxylic acids is 2. The normalized spacial score (nSPS) is 17.7. The second kappa shape index (κ2) is 7.61. The molecule has 2 N–H and O–H groups in total. The predicted molar refractivity (Wildman–Crippen MR) is 82.0 cm³/mol. The van der Waals surface area contributed by atoms with E-state index in [0.29, 0.717) is 17.1 Å². The molecule has 2 rings (SSSR count). The quantitative estimate of drug-likeness (QED) is 0.802. The van der Waals surface area contributed by atoms with Crippen LogP contribution in [0.3, 0.4) is 0 Å². The summed E-state index contributed by atoms with van der Waals surface area (Å²) in [4.78, 5) is 25.2. The first-order chi connectivity index (χ1) is 10.1. The molecule has 1 unspecified atom stereocenters. The van der Waals surface area contributed by atoms with E-state index in [1.165, 1.54) is 11.3 Å². The second-order valence-corrected chi connectivity index (χ2v) is 6.04. The van der Waals surface area contributed by atoms with Gasteiger partial charge in [-0.2, -0.15) is 0 Å². The maximum absolute atomic E-state index is 12.0. The van der Waals surface area contributed by atoms with Gasteiger partial charge >= 0.3 is 0 Å². The molecule has 7 heteroatoms. The largest absolute Gasteiger partial charge is 0.444 e. The van der Waals surface area contributed by atoms with Crippen molar-refractivity contribution in [1.82, 2.24) is 15.5 Å². The molecule has 21 heavy (non-hydrogen) atoms. The topological polar surface area (TPSA) is 74.6 Å². The highest BCUT2D eigenvalue weighted by atomic mass is 79.9. The molecule has 1 atom stereocenters. The monoisotopic (exact) mass is 357 g/mol. The maximum Gasteiger partial charge on any atom is 0.289 e. The summed E-state index contributed by atoms with van der Waals surface area (Å²) in [6.45, 7) is 2.77. The third-order valence-electron chi connectivity index (χ3n) is 3.55. The van der Waals surface area contributed by atoms with Gasteiger partial charge in [0.1, 0.15) is 0 Å². The minimum absolute atomic E-state index is 0.0278. The Bertz CT molecular complexity index is 497. The number of nitrogens with zero attached hydrogens (tertiary/aromatic N) is 1. The van der Waals surface area contributed by atoms with Gasteiger partial charge in [0.25, 0.3) is 5.91 Å². The Balaban J connectivity index is 1.70. The standard InChI is InChI=1S/C14H20BrN3O3/c1-18(14(20)11-2-3-12(15)21-11)9-13(19)17-7-5-10-4-6-16-8-10/h2-3,10,16H,4-9H2,1H3,(H,17,19). The van der Waals surface area contributed by atoms with E-state index in [4.69, 9.17) is 4.42 Å². The number of rotatable bonds is 6. The third-order valence-corrected chi connectivity index (χ3v) is 3.97. The van der Waals surface area contributed by atoms with E-state index in [9.17, 15) is 9.59 Å². The molecule has 1 aromatic rings. The Morgan fingerprint density at radius 3 is 2.95 bits per heavy atom. The van der Waals surface area contributed by atoms with Crippen LogP contribution < -0.4 is 10.6 Å². The van der Waals surface area contributed by atoms with Gasteiger partial charge in [-0.05, 0) is 59.9 Å². The summed E-state index contributed by atoms with van der Waals surface area (Å²) >= 11 is 3.15. The average Bonchev–Trinajstić information content (AvgIpc) is 3.09. The van der Waals surface area contributed by atoms with Crippen molar-refractivity contribution in [3.63, 3.8) is 0 Å². The van der Waals surface area contributed by atoms with Crippen LogP contribution in [0.5, 0.6) is 0 Å². The van der Waals surface area contributed by atoms with Crippen molar-refractivity contribution >= 4 is 27.7 Å². The van der Waals surface area contributed by atoms with Gasteiger partial charge in [0, 0.05) is 13.6 Å². The molecule has 1 fully saturated rings. The second-order valence-electron chi connectivity index (χ2n) is 5.26. The maximum atomic E-state index is 12.0. The average molecular weight is 358 g/mol. The number of furan rings is 1. The lowest BCUT2D eigenvalue weighted by molar-refractivity contribution is -0.121. The number of hydrogen-bond acceptors (Lipinski definition) is 4. The lowest BCUT2D eigenvalue weighted by Crippen LogP contribution is -2.38. The van der Waals surface area contributed by atoms with Crippen LogP contribution >= 0.6 is 15.9 Å². The summed E-state index contributed by atoms with van der Waals surface area (Å²) in [6, 6.07) is 3.23. The zero-order chi connectivity index (χ0) is 15.2. The van der Waals surface area contributed by atoms with E-state index in [-0.39, 0.29) is 24.1 Å². The fourth-order valence-corrected chi connectivity index (χ4v) is 2.64. The third kappa shape index (κ3) is 4.86. The Morgan fingerprint density at radius 2 is 2.33 bits per heavy atom. The first-order valence-electron chi connectivity index (χ1n) is 7.04. The van der Waals surface area contributed by atoms with Gasteiger partial charge < -0.3 is 20.0 Å². The highest BCUT2D eigenvalue weighted by Gasteiger charge is 2.18. The molecular weight excluding hydrogens is 338 g/mol. The van der Waals surface area contributed by atoms with Crippen molar-refractivity contribution in [2.75, 3.05) is 33.2 Å². The molecule has 1 aliphatic heterocycles. The van der Waals surface area contributed by atoms with Crippen LogP contribution in [-0.2, 0) is 4.79 Å². The predicted octanol–water partition coefficient (Wildman–Crippen LogP) is 1.23. The molecule has 6 nitrogen and oxygen atoms in total. The summed E-state index contributed by atoms with van der Waals surface area (Å²) in [7, 11) is 1.58. The van der Waals surface area contributed by atoms with Gasteiger partial charge in [-0.1, -0.05) is 0 Å². The van der Waals surface area contributed by atoms with Crippen molar-refractivity contribution in [3.05, 3.63) is 22.6 Å². The molecule has 2 amide bonds. The van der Waals surface area contributed by atoms with Gasteiger partial charge in [-0.25, -0.2) is 0 Å². The molecule has 0 aromatic carbocycles. The van der Waals surface area contributed by atoms with Crippen LogP contribution in [0.25, 0.3) is 0 Å². The van der Waals surface area contributed by atoms with Gasteiger partial charge in [0.05, 0.1) is 6.54 Å². The van der Waals surface area contributed by atoms with Crippen LogP contribution in [-0.4, -0.2) is 49.9 Å². The van der Waals surface area contributed by atoms with Crippen LogP contribution in [0, 0.1) is 5.92 Å². The molecule has 2 heterocycles. The molecule has 0 aliphatic carbocycles. The zero-order valence-electron chi connectivity index (χ0n) is 12.0. The van der Waals surface area contributed by atoms with Crippen LogP contribution in [0.1, 0.15) is 23.4 Å². The minimum atomic E-state index is -0.309. The Labute approximate surface area is 132 Å². The Hall–Kier alpha value is -1.34. The van der Waals surface area contributed by atoms with Crippen molar-refractivity contribution in [2.24, 2.45) is 5.92 Å². The van der Waals surface area contributed by atoms with E-state index in [2.05, 4.69) is 26.6 Å². The lowest BCUT2D eigenvalue weighted by Gasteiger charge is -2.16. The highest BCUT2D eigenvalue weighted by molar-refractivity contribution is 9.10. The van der Waals surface area contributed by atoms with Crippen molar-refractivity contribution < 1.29 is 14.0 Å². The Kier molecular flexibility index (Phi) is 5.81. The number of amides is 2. The lowest BCUT2D eigenvalue weighted by atomic mass is 10.1. The van der Waals surface area contributed by atoms with Crippen molar-refractivity contribution in [2.45, 2.75) is 12.8 Å². The van der Waals surface area contributed by atoms with E-state index in [1.54, 1.807) is 19.2 Å². The van der Waals surface area contributed by atoms with Crippen molar-refractivity contribution in [3.8, 4) is 0 Å². The van der Waals surface area contributed by atoms with Gasteiger partial charge in [-0.15, -0.1) is 0 Å². The summed E-state index contributed by atoms with van der Waals surface area (Å²) in [5.41, 5.74) is 0. The molecule has 0 spiro atoms. The van der Waals surface area contributed by atoms with E-state index >= 15 is 0 Å². The smallest absolute Gasteiger partial charge is 0.289 e. The number of carbonyl (C=O) groups is 2. The molecule has 0 bridgehead atoms. The summed E-state index contributed by atoms with van der Waals surface area (Å²) in [6.07, 6.45) is 2.14. The van der Waals surface area contributed by atoms with Gasteiger partial charge in [0.15, 0.2) is 10.4 Å². The fourth-order valence-electron chi connectivity index (χ4n) is 2.34. The Morgan fingerprint density at radius 1 is 1.52 bits per heavy atom. The molecule has 0 radical (unpaired) electrons. The molecule has 0 saturated carbocycles. The molecule has 1 aromatic heterocycles. The SMILES string of the molecule is CN(CC(=O)NCCC1CCNC1)C(=O)c1ccc(Br)o1.